The molecule has 2 aromatic rings. The lowest BCUT2D eigenvalue weighted by Crippen LogP contribution is -2.33. The van der Waals surface area contributed by atoms with Gasteiger partial charge in [-0.15, -0.1) is 0 Å². The van der Waals surface area contributed by atoms with Crippen LogP contribution >= 0.6 is 11.6 Å². The van der Waals surface area contributed by atoms with Crippen molar-refractivity contribution in [2.45, 2.75) is 19.8 Å². The van der Waals surface area contributed by atoms with Crippen LogP contribution in [0, 0.1) is 11.3 Å². The van der Waals surface area contributed by atoms with Crippen LogP contribution in [0.1, 0.15) is 24.5 Å². The van der Waals surface area contributed by atoms with E-state index in [9.17, 15) is 9.59 Å². The van der Waals surface area contributed by atoms with Crippen LogP contribution in [0.25, 0.3) is 0 Å². The first-order valence-corrected chi connectivity index (χ1v) is 8.65. The average Bonchev–Trinajstić information content (AvgIpc) is 2.63. The number of halogens is 1. The van der Waals surface area contributed by atoms with Crippen LogP contribution in [-0.2, 0) is 16.0 Å². The molecule has 0 fully saturated rings. The number of hydrogen-bond donors (Lipinski definition) is 1. The van der Waals surface area contributed by atoms with Crippen LogP contribution in [0.3, 0.4) is 0 Å². The molecule has 5 nitrogen and oxygen atoms in total. The lowest BCUT2D eigenvalue weighted by atomic mass is 10.1. The quantitative estimate of drug-likeness (QED) is 0.809. The van der Waals surface area contributed by atoms with E-state index in [1.54, 1.807) is 29.2 Å². The molecule has 0 aromatic heterocycles. The van der Waals surface area contributed by atoms with Crippen molar-refractivity contribution < 1.29 is 9.59 Å². The van der Waals surface area contributed by atoms with Crippen molar-refractivity contribution in [1.29, 1.82) is 5.26 Å². The minimum absolute atomic E-state index is 0.0647. The normalized spacial score (nSPS) is 10.0. The van der Waals surface area contributed by atoms with E-state index in [2.05, 4.69) is 5.32 Å². The smallest absolute Gasteiger partial charge is 0.226 e. The number of anilines is 1. The molecule has 0 saturated heterocycles. The van der Waals surface area contributed by atoms with Gasteiger partial charge in [-0.05, 0) is 48.4 Å². The zero-order valence-corrected chi connectivity index (χ0v) is 15.3. The molecule has 0 spiro atoms. The van der Waals surface area contributed by atoms with Gasteiger partial charge < -0.3 is 10.2 Å². The minimum Gasteiger partial charge on any atom is -0.342 e. The highest BCUT2D eigenvalue weighted by molar-refractivity contribution is 6.30. The maximum absolute atomic E-state index is 12.1. The molecule has 2 aromatic carbocycles. The maximum atomic E-state index is 12.1. The monoisotopic (exact) mass is 369 g/mol. The van der Waals surface area contributed by atoms with Crippen LogP contribution in [-0.4, -0.2) is 29.8 Å². The summed E-state index contributed by atoms with van der Waals surface area (Å²) in [6.45, 7) is 2.40. The predicted octanol–water partition coefficient (Wildman–Crippen LogP) is 3.63. The van der Waals surface area contributed by atoms with Crippen molar-refractivity contribution in [3.05, 3.63) is 64.7 Å². The van der Waals surface area contributed by atoms with Gasteiger partial charge in [0, 0.05) is 37.1 Å². The summed E-state index contributed by atoms with van der Waals surface area (Å²) in [7, 11) is 0. The fraction of sp³-hybridized carbons (Fsp3) is 0.250. The van der Waals surface area contributed by atoms with Gasteiger partial charge in [0.05, 0.1) is 11.6 Å². The van der Waals surface area contributed by atoms with Crippen molar-refractivity contribution in [2.24, 2.45) is 0 Å². The van der Waals surface area contributed by atoms with Gasteiger partial charge >= 0.3 is 0 Å². The Kier molecular flexibility index (Phi) is 7.19. The number of rotatable bonds is 7. The molecule has 2 rings (SSSR count). The molecule has 0 bridgehead atoms. The number of nitrogens with zero attached hydrogens (tertiary/aromatic N) is 2. The fourth-order valence-corrected chi connectivity index (χ4v) is 2.56. The van der Waals surface area contributed by atoms with Crippen LogP contribution in [0.15, 0.2) is 48.5 Å². The van der Waals surface area contributed by atoms with Crippen molar-refractivity contribution in [3.63, 3.8) is 0 Å². The van der Waals surface area contributed by atoms with Crippen LogP contribution < -0.4 is 5.32 Å². The second kappa shape index (κ2) is 9.59. The highest BCUT2D eigenvalue weighted by Crippen LogP contribution is 2.11. The number of amides is 2. The standard InChI is InChI=1S/C20H20ClN3O2/c1-15(25)24(12-10-16-2-6-18(21)7-3-16)13-11-20(26)23-19-8-4-17(14-22)5-9-19/h2-9H,10-13H2,1H3,(H,23,26). The molecule has 134 valence electrons. The molecule has 0 aliphatic carbocycles. The topological polar surface area (TPSA) is 73.2 Å². The molecular formula is C20H20ClN3O2. The van der Waals surface area contributed by atoms with Crippen molar-refractivity contribution in [3.8, 4) is 6.07 Å². The van der Waals surface area contributed by atoms with E-state index in [1.165, 1.54) is 6.92 Å². The molecule has 0 aliphatic heterocycles. The number of nitrogens with one attached hydrogen (secondary N) is 1. The summed E-state index contributed by atoms with van der Waals surface area (Å²) in [4.78, 5) is 25.5. The summed E-state index contributed by atoms with van der Waals surface area (Å²) < 4.78 is 0. The van der Waals surface area contributed by atoms with Crippen LogP contribution in [0.4, 0.5) is 5.69 Å². The van der Waals surface area contributed by atoms with Gasteiger partial charge in [-0.2, -0.15) is 5.26 Å². The van der Waals surface area contributed by atoms with E-state index in [-0.39, 0.29) is 18.2 Å². The predicted molar refractivity (Wildman–Crippen MR) is 102 cm³/mol. The fourth-order valence-electron chi connectivity index (χ4n) is 2.43. The summed E-state index contributed by atoms with van der Waals surface area (Å²) in [5.41, 5.74) is 2.25. The first-order valence-electron chi connectivity index (χ1n) is 8.28. The molecule has 26 heavy (non-hydrogen) atoms. The number of benzene rings is 2. The van der Waals surface area contributed by atoms with Crippen molar-refractivity contribution >= 4 is 29.1 Å². The Balaban J connectivity index is 1.83. The first-order chi connectivity index (χ1) is 12.5. The number of hydrogen-bond acceptors (Lipinski definition) is 3. The second-order valence-electron chi connectivity index (χ2n) is 5.87. The van der Waals surface area contributed by atoms with Crippen LogP contribution in [0.2, 0.25) is 5.02 Å². The molecular weight excluding hydrogens is 350 g/mol. The van der Waals surface area contributed by atoms with E-state index >= 15 is 0 Å². The van der Waals surface area contributed by atoms with Gasteiger partial charge in [-0.1, -0.05) is 23.7 Å². The summed E-state index contributed by atoms with van der Waals surface area (Å²) in [6, 6.07) is 16.2. The lowest BCUT2D eigenvalue weighted by molar-refractivity contribution is -0.129. The first kappa shape index (κ1) is 19.5. The van der Waals surface area contributed by atoms with Gasteiger partial charge in [0.2, 0.25) is 11.8 Å². The average molecular weight is 370 g/mol. The lowest BCUT2D eigenvalue weighted by Gasteiger charge is -2.21. The largest absolute Gasteiger partial charge is 0.342 e. The molecule has 0 aliphatic rings. The summed E-state index contributed by atoms with van der Waals surface area (Å²) in [5.74, 6) is -0.238. The summed E-state index contributed by atoms with van der Waals surface area (Å²) in [5, 5.41) is 12.2. The van der Waals surface area contributed by atoms with E-state index in [0.717, 1.165) is 5.56 Å². The van der Waals surface area contributed by atoms with Gasteiger partial charge in [0.25, 0.3) is 0 Å². The van der Waals surface area contributed by atoms with Gasteiger partial charge in [0.15, 0.2) is 0 Å². The molecule has 0 radical (unpaired) electrons. The Hall–Kier alpha value is -2.84. The highest BCUT2D eigenvalue weighted by Gasteiger charge is 2.11. The third-order valence-electron chi connectivity index (χ3n) is 3.94. The van der Waals surface area contributed by atoms with Crippen molar-refractivity contribution in [1.82, 2.24) is 4.90 Å². The van der Waals surface area contributed by atoms with Crippen LogP contribution in [0.5, 0.6) is 0 Å². The molecule has 0 unspecified atom stereocenters. The Labute approximate surface area is 158 Å². The van der Waals surface area contributed by atoms with E-state index in [4.69, 9.17) is 16.9 Å². The molecule has 0 heterocycles. The highest BCUT2D eigenvalue weighted by atomic mass is 35.5. The second-order valence-corrected chi connectivity index (χ2v) is 6.31. The van der Waals surface area contributed by atoms with Gasteiger partial charge in [0.1, 0.15) is 0 Å². The Morgan fingerprint density at radius 3 is 2.31 bits per heavy atom. The molecule has 0 atom stereocenters. The SMILES string of the molecule is CC(=O)N(CCC(=O)Nc1ccc(C#N)cc1)CCc1ccc(Cl)cc1. The van der Waals surface area contributed by atoms with E-state index < -0.39 is 0 Å². The molecule has 0 saturated carbocycles. The minimum atomic E-state index is -0.174. The van der Waals surface area contributed by atoms with E-state index in [0.29, 0.717) is 35.8 Å². The Morgan fingerprint density at radius 2 is 1.73 bits per heavy atom. The maximum Gasteiger partial charge on any atom is 0.226 e. The van der Waals surface area contributed by atoms with Crippen molar-refractivity contribution in [2.75, 3.05) is 18.4 Å². The Morgan fingerprint density at radius 1 is 1.08 bits per heavy atom. The third kappa shape index (κ3) is 6.23. The third-order valence-corrected chi connectivity index (χ3v) is 4.19. The summed E-state index contributed by atoms with van der Waals surface area (Å²) in [6.07, 6.45) is 0.911. The number of carbonyl (C=O) groups excluding carboxylic acids is 2. The zero-order valence-electron chi connectivity index (χ0n) is 14.5. The van der Waals surface area contributed by atoms with Gasteiger partial charge in [-0.3, -0.25) is 9.59 Å². The summed E-state index contributed by atoms with van der Waals surface area (Å²) >= 11 is 5.87. The molecule has 1 N–H and O–H groups in total. The number of carbonyl (C=O) groups is 2. The Bertz CT molecular complexity index is 795. The van der Waals surface area contributed by atoms with Gasteiger partial charge in [-0.25, -0.2) is 0 Å². The van der Waals surface area contributed by atoms with E-state index in [1.807, 2.05) is 30.3 Å². The zero-order chi connectivity index (χ0) is 18.9. The molecule has 2 amide bonds. The number of nitriles is 1. The molecule has 6 heteroatoms.